The van der Waals surface area contributed by atoms with E-state index in [1.54, 1.807) is 24.5 Å². The van der Waals surface area contributed by atoms with Crippen LogP contribution in [0.25, 0.3) is 0 Å². The van der Waals surface area contributed by atoms with E-state index in [9.17, 15) is 9.59 Å². The highest BCUT2D eigenvalue weighted by atomic mass is 16.2. The quantitative estimate of drug-likeness (QED) is 0.945. The van der Waals surface area contributed by atoms with E-state index < -0.39 is 0 Å². The van der Waals surface area contributed by atoms with Crippen molar-refractivity contribution < 1.29 is 9.59 Å². The molecule has 2 amide bonds. The Bertz CT molecular complexity index is 784. The number of rotatable bonds is 3. The van der Waals surface area contributed by atoms with Crippen LogP contribution >= 0.6 is 0 Å². The first-order valence-electron chi connectivity index (χ1n) is 8.33. The number of carbonyl (C=O) groups is 2. The highest BCUT2D eigenvalue weighted by Crippen LogP contribution is 2.33. The summed E-state index contributed by atoms with van der Waals surface area (Å²) in [6.07, 6.45) is 6.15. The lowest BCUT2D eigenvalue weighted by Gasteiger charge is -2.29. The first-order chi connectivity index (χ1) is 11.7. The maximum atomic E-state index is 12.3. The Morgan fingerprint density at radius 1 is 1.08 bits per heavy atom. The Morgan fingerprint density at radius 2 is 1.88 bits per heavy atom. The Labute approximate surface area is 140 Å². The van der Waals surface area contributed by atoms with Crippen molar-refractivity contribution in [2.75, 3.05) is 11.9 Å². The van der Waals surface area contributed by atoms with Crippen LogP contribution in [0.4, 0.5) is 5.69 Å². The molecule has 2 aromatic rings. The molecular formula is C19H19N3O2. The summed E-state index contributed by atoms with van der Waals surface area (Å²) in [5.41, 5.74) is 3.73. The molecule has 0 radical (unpaired) electrons. The highest BCUT2D eigenvalue weighted by molar-refractivity contribution is 6.04. The van der Waals surface area contributed by atoms with Crippen molar-refractivity contribution in [3.05, 3.63) is 59.4 Å². The topological polar surface area (TPSA) is 62.3 Å². The molecule has 0 unspecified atom stereocenters. The molecule has 1 saturated carbocycles. The summed E-state index contributed by atoms with van der Waals surface area (Å²) in [7, 11) is 0. The predicted octanol–water partition coefficient (Wildman–Crippen LogP) is 2.63. The third-order valence-corrected chi connectivity index (χ3v) is 4.66. The van der Waals surface area contributed by atoms with Gasteiger partial charge >= 0.3 is 0 Å². The Balaban J connectivity index is 1.49. The smallest absolute Gasteiger partial charge is 0.255 e. The lowest BCUT2D eigenvalue weighted by Crippen LogP contribution is -2.36. The van der Waals surface area contributed by atoms with Crippen LogP contribution in [-0.4, -0.2) is 28.2 Å². The molecule has 1 aromatic carbocycles. The molecule has 5 nitrogen and oxygen atoms in total. The molecule has 1 fully saturated rings. The summed E-state index contributed by atoms with van der Waals surface area (Å²) >= 11 is 0. The molecule has 0 atom stereocenters. The number of anilines is 1. The molecule has 0 bridgehead atoms. The van der Waals surface area contributed by atoms with Gasteiger partial charge in [-0.2, -0.15) is 0 Å². The number of carbonyl (C=O) groups excluding carboxylic acids is 2. The average Bonchev–Trinajstić information content (AvgIpc) is 3.46. The number of pyridine rings is 1. The summed E-state index contributed by atoms with van der Waals surface area (Å²) in [4.78, 5) is 30.4. The van der Waals surface area contributed by atoms with Gasteiger partial charge in [0.1, 0.15) is 0 Å². The second-order valence-electron chi connectivity index (χ2n) is 6.46. The van der Waals surface area contributed by atoms with Gasteiger partial charge < -0.3 is 10.2 Å². The largest absolute Gasteiger partial charge is 0.338 e. The third kappa shape index (κ3) is 3.02. The van der Waals surface area contributed by atoms with Crippen molar-refractivity contribution in [3.63, 3.8) is 0 Å². The number of benzene rings is 1. The molecule has 1 aliphatic carbocycles. The molecule has 1 aliphatic heterocycles. The van der Waals surface area contributed by atoms with E-state index >= 15 is 0 Å². The minimum atomic E-state index is -0.154. The van der Waals surface area contributed by atoms with Gasteiger partial charge in [-0.3, -0.25) is 14.6 Å². The fourth-order valence-corrected chi connectivity index (χ4v) is 3.12. The van der Waals surface area contributed by atoms with Gasteiger partial charge in [0.2, 0.25) is 5.91 Å². The number of amides is 2. The van der Waals surface area contributed by atoms with E-state index in [0.717, 1.165) is 37.1 Å². The molecule has 0 spiro atoms. The maximum Gasteiger partial charge on any atom is 0.255 e. The van der Waals surface area contributed by atoms with Crippen molar-refractivity contribution in [1.82, 2.24) is 9.88 Å². The summed E-state index contributed by atoms with van der Waals surface area (Å²) in [6, 6.07) is 9.33. The minimum Gasteiger partial charge on any atom is -0.338 e. The Morgan fingerprint density at radius 3 is 2.62 bits per heavy atom. The monoisotopic (exact) mass is 321 g/mol. The van der Waals surface area contributed by atoms with E-state index in [2.05, 4.69) is 16.4 Å². The second-order valence-corrected chi connectivity index (χ2v) is 6.46. The molecule has 0 saturated heterocycles. The lowest BCUT2D eigenvalue weighted by molar-refractivity contribution is -0.133. The van der Waals surface area contributed by atoms with E-state index in [4.69, 9.17) is 0 Å². The maximum absolute atomic E-state index is 12.3. The van der Waals surface area contributed by atoms with Gasteiger partial charge in [0.15, 0.2) is 0 Å². The molecular weight excluding hydrogens is 302 g/mol. The lowest BCUT2D eigenvalue weighted by atomic mass is 9.98. The SMILES string of the molecule is O=C(Nc1ccc2c(c1)CN(C(=O)C1CC1)CC2)c1ccncc1. The first-order valence-corrected chi connectivity index (χ1v) is 8.33. The van der Waals surface area contributed by atoms with Crippen molar-refractivity contribution in [2.24, 2.45) is 5.92 Å². The molecule has 24 heavy (non-hydrogen) atoms. The highest BCUT2D eigenvalue weighted by Gasteiger charge is 2.34. The summed E-state index contributed by atoms with van der Waals surface area (Å²) in [5.74, 6) is 0.382. The molecule has 1 N–H and O–H groups in total. The van der Waals surface area contributed by atoms with Gasteiger partial charge in [0.05, 0.1) is 0 Å². The van der Waals surface area contributed by atoms with Gasteiger partial charge in [-0.25, -0.2) is 0 Å². The van der Waals surface area contributed by atoms with Crippen LogP contribution in [0.2, 0.25) is 0 Å². The Kier molecular flexibility index (Phi) is 3.76. The summed E-state index contributed by atoms with van der Waals surface area (Å²) in [5, 5.41) is 2.92. The predicted molar refractivity (Wildman–Crippen MR) is 90.5 cm³/mol. The summed E-state index contributed by atoms with van der Waals surface area (Å²) in [6.45, 7) is 1.44. The van der Waals surface area contributed by atoms with Gasteiger partial charge in [-0.05, 0) is 54.7 Å². The van der Waals surface area contributed by atoms with E-state index in [0.29, 0.717) is 12.1 Å². The van der Waals surface area contributed by atoms with Crippen molar-refractivity contribution >= 4 is 17.5 Å². The second kappa shape index (κ2) is 6.07. The van der Waals surface area contributed by atoms with Crippen molar-refractivity contribution in [3.8, 4) is 0 Å². The molecule has 2 heterocycles. The van der Waals surface area contributed by atoms with Gasteiger partial charge in [-0.15, -0.1) is 0 Å². The summed E-state index contributed by atoms with van der Waals surface area (Å²) < 4.78 is 0. The van der Waals surface area contributed by atoms with E-state index in [1.807, 2.05) is 17.0 Å². The van der Waals surface area contributed by atoms with Crippen LogP contribution in [0.5, 0.6) is 0 Å². The van der Waals surface area contributed by atoms with E-state index in [1.165, 1.54) is 5.56 Å². The number of aromatic nitrogens is 1. The van der Waals surface area contributed by atoms with Crippen LogP contribution < -0.4 is 5.32 Å². The normalized spacial score (nSPS) is 16.4. The number of fused-ring (bicyclic) bond motifs is 1. The van der Waals surface area contributed by atoms with E-state index in [-0.39, 0.29) is 17.7 Å². The Hall–Kier alpha value is -2.69. The van der Waals surface area contributed by atoms with Crippen molar-refractivity contribution in [1.29, 1.82) is 0 Å². The number of nitrogens with zero attached hydrogens (tertiary/aromatic N) is 2. The zero-order chi connectivity index (χ0) is 16.5. The van der Waals surface area contributed by atoms with Gasteiger partial charge in [-0.1, -0.05) is 6.07 Å². The molecule has 122 valence electrons. The van der Waals surface area contributed by atoms with Crippen LogP contribution in [0.3, 0.4) is 0 Å². The van der Waals surface area contributed by atoms with Crippen LogP contribution in [0.1, 0.15) is 34.3 Å². The average molecular weight is 321 g/mol. The molecule has 5 heteroatoms. The zero-order valence-corrected chi connectivity index (χ0v) is 13.4. The molecule has 2 aliphatic rings. The first kappa shape index (κ1) is 14.9. The molecule has 1 aromatic heterocycles. The minimum absolute atomic E-state index is 0.154. The fraction of sp³-hybridized carbons (Fsp3) is 0.316. The number of hydrogen-bond acceptors (Lipinski definition) is 3. The van der Waals surface area contributed by atoms with Gasteiger partial charge in [0, 0.05) is 42.7 Å². The third-order valence-electron chi connectivity index (χ3n) is 4.66. The standard InChI is InChI=1S/C19H19N3O2/c23-18(14-5-8-20-9-6-14)21-17-4-3-13-7-10-22(12-16(13)11-17)19(24)15-1-2-15/h3-6,8-9,11,15H,1-2,7,10,12H2,(H,21,23). The zero-order valence-electron chi connectivity index (χ0n) is 13.4. The fourth-order valence-electron chi connectivity index (χ4n) is 3.12. The number of hydrogen-bond donors (Lipinski definition) is 1. The number of nitrogens with one attached hydrogen (secondary N) is 1. The van der Waals surface area contributed by atoms with Crippen molar-refractivity contribution in [2.45, 2.75) is 25.8 Å². The van der Waals surface area contributed by atoms with Gasteiger partial charge in [0.25, 0.3) is 5.91 Å². The van der Waals surface area contributed by atoms with Crippen LogP contribution in [-0.2, 0) is 17.8 Å². The van der Waals surface area contributed by atoms with Crippen LogP contribution in [0, 0.1) is 5.92 Å². The molecule has 4 rings (SSSR count). The van der Waals surface area contributed by atoms with Crippen LogP contribution in [0.15, 0.2) is 42.7 Å².